The van der Waals surface area contributed by atoms with Gasteiger partial charge in [0, 0.05) is 28.7 Å². The molecule has 3 aromatic rings. The Balaban J connectivity index is 1.89. The fraction of sp³-hybridized carbons (Fsp3) is 0.0769. The van der Waals surface area contributed by atoms with E-state index in [1.807, 2.05) is 30.5 Å². The molecule has 5 nitrogen and oxygen atoms in total. The first-order chi connectivity index (χ1) is 8.81. The van der Waals surface area contributed by atoms with Crippen LogP contribution in [0.5, 0.6) is 0 Å². The zero-order valence-electron chi connectivity index (χ0n) is 9.47. The first-order valence-electron chi connectivity index (χ1n) is 5.75. The Morgan fingerprint density at radius 3 is 3.06 bits per heavy atom. The minimum Gasteiger partial charge on any atom is -0.360 e. The number of fused-ring (bicyclic) bond motifs is 2. The van der Waals surface area contributed by atoms with Gasteiger partial charge in [-0.1, -0.05) is 18.2 Å². The second kappa shape index (κ2) is 3.22. The van der Waals surface area contributed by atoms with E-state index in [2.05, 4.69) is 21.5 Å². The molecule has 0 atom stereocenters. The van der Waals surface area contributed by atoms with Crippen LogP contribution in [0, 0.1) is 0 Å². The molecule has 1 aliphatic rings. The Morgan fingerprint density at radius 2 is 2.17 bits per heavy atom. The molecule has 18 heavy (non-hydrogen) atoms. The topological polar surface area (TPSA) is 62.7 Å². The van der Waals surface area contributed by atoms with Crippen molar-refractivity contribution in [2.24, 2.45) is 0 Å². The van der Waals surface area contributed by atoms with Crippen molar-refractivity contribution in [3.05, 3.63) is 36.5 Å². The largest absolute Gasteiger partial charge is 0.360 e. The molecule has 0 fully saturated rings. The van der Waals surface area contributed by atoms with E-state index >= 15 is 0 Å². The maximum atomic E-state index is 11.2. The van der Waals surface area contributed by atoms with Gasteiger partial charge in [0.2, 0.25) is 5.91 Å². The Labute approximate surface area is 102 Å². The van der Waals surface area contributed by atoms with Gasteiger partial charge in [0.25, 0.3) is 0 Å². The van der Waals surface area contributed by atoms with Crippen molar-refractivity contribution in [3.63, 3.8) is 0 Å². The van der Waals surface area contributed by atoms with Gasteiger partial charge in [0.15, 0.2) is 0 Å². The highest BCUT2D eigenvalue weighted by atomic mass is 16.2. The van der Waals surface area contributed by atoms with Crippen molar-refractivity contribution in [1.29, 1.82) is 0 Å². The van der Waals surface area contributed by atoms with Crippen LogP contribution < -0.4 is 5.32 Å². The van der Waals surface area contributed by atoms with Crippen molar-refractivity contribution in [3.8, 4) is 11.3 Å². The Kier molecular flexibility index (Phi) is 1.70. The van der Waals surface area contributed by atoms with E-state index < -0.39 is 0 Å². The lowest BCUT2D eigenvalue weighted by molar-refractivity contribution is -0.115. The summed E-state index contributed by atoms with van der Waals surface area (Å²) in [5.74, 6) is 0.753. The Bertz CT molecular complexity index is 743. The van der Waals surface area contributed by atoms with Crippen LogP contribution in [0.2, 0.25) is 0 Å². The van der Waals surface area contributed by atoms with Gasteiger partial charge in [-0.3, -0.25) is 4.79 Å². The number of H-pyrrole nitrogens is 1. The highest BCUT2D eigenvalue weighted by Crippen LogP contribution is 2.30. The van der Waals surface area contributed by atoms with Gasteiger partial charge in [-0.25, -0.2) is 4.68 Å². The zero-order valence-corrected chi connectivity index (χ0v) is 9.47. The zero-order chi connectivity index (χ0) is 12.1. The van der Waals surface area contributed by atoms with E-state index in [-0.39, 0.29) is 5.91 Å². The smallest absolute Gasteiger partial charge is 0.247 e. The number of anilines is 1. The number of para-hydroxylation sites is 1. The summed E-state index contributed by atoms with van der Waals surface area (Å²) in [6.07, 6.45) is 1.95. The van der Waals surface area contributed by atoms with Crippen molar-refractivity contribution < 1.29 is 4.79 Å². The molecule has 0 spiro atoms. The number of hydrogen-bond donors (Lipinski definition) is 2. The molecule has 2 aromatic heterocycles. The van der Waals surface area contributed by atoms with Crippen LogP contribution in [0.4, 0.5) is 5.82 Å². The predicted octanol–water partition coefficient (Wildman–Crippen LogP) is 1.98. The third-order valence-corrected chi connectivity index (χ3v) is 3.21. The molecule has 5 heteroatoms. The van der Waals surface area contributed by atoms with Crippen LogP contribution >= 0.6 is 0 Å². The van der Waals surface area contributed by atoms with E-state index in [0.717, 1.165) is 28.0 Å². The molecule has 1 amide bonds. The quantitative estimate of drug-likeness (QED) is 0.681. The molecule has 0 bridgehead atoms. The molecule has 1 aliphatic heterocycles. The second-order valence-electron chi connectivity index (χ2n) is 4.37. The SMILES string of the molecule is O=C1Cn2nc(-c3c[nH]c4ccccc34)cc2N1. The highest BCUT2D eigenvalue weighted by molar-refractivity contribution is 5.97. The lowest BCUT2D eigenvalue weighted by atomic mass is 10.1. The molecular formula is C13H10N4O. The molecule has 3 heterocycles. The summed E-state index contributed by atoms with van der Waals surface area (Å²) in [5, 5.41) is 8.37. The summed E-state index contributed by atoms with van der Waals surface area (Å²) in [4.78, 5) is 14.4. The summed E-state index contributed by atoms with van der Waals surface area (Å²) >= 11 is 0. The monoisotopic (exact) mass is 238 g/mol. The maximum Gasteiger partial charge on any atom is 0.247 e. The predicted molar refractivity (Wildman–Crippen MR) is 68.1 cm³/mol. The number of hydrogen-bond acceptors (Lipinski definition) is 2. The third-order valence-electron chi connectivity index (χ3n) is 3.21. The summed E-state index contributed by atoms with van der Waals surface area (Å²) in [7, 11) is 0. The number of carbonyl (C=O) groups excluding carboxylic acids is 1. The van der Waals surface area contributed by atoms with E-state index in [4.69, 9.17) is 0 Å². The number of aromatic amines is 1. The molecule has 0 radical (unpaired) electrons. The highest BCUT2D eigenvalue weighted by Gasteiger charge is 2.20. The van der Waals surface area contributed by atoms with Gasteiger partial charge in [-0.05, 0) is 6.07 Å². The minimum atomic E-state index is -0.0111. The summed E-state index contributed by atoms with van der Waals surface area (Å²) < 4.78 is 1.69. The molecule has 88 valence electrons. The van der Waals surface area contributed by atoms with Gasteiger partial charge in [0.1, 0.15) is 12.4 Å². The molecule has 2 N–H and O–H groups in total. The second-order valence-corrected chi connectivity index (χ2v) is 4.37. The molecule has 1 aromatic carbocycles. The normalized spacial score (nSPS) is 13.9. The van der Waals surface area contributed by atoms with Crippen molar-refractivity contribution >= 4 is 22.6 Å². The van der Waals surface area contributed by atoms with Crippen LogP contribution in [0.3, 0.4) is 0 Å². The lowest BCUT2D eigenvalue weighted by Gasteiger charge is -1.94. The Hall–Kier alpha value is -2.56. The summed E-state index contributed by atoms with van der Waals surface area (Å²) in [6, 6.07) is 10.00. The number of carbonyl (C=O) groups is 1. The molecule has 0 saturated carbocycles. The third kappa shape index (κ3) is 1.21. The van der Waals surface area contributed by atoms with Gasteiger partial charge in [-0.15, -0.1) is 0 Å². The number of benzene rings is 1. The molecular weight excluding hydrogens is 228 g/mol. The lowest BCUT2D eigenvalue weighted by Crippen LogP contribution is -2.06. The van der Waals surface area contributed by atoms with E-state index in [9.17, 15) is 4.79 Å². The number of nitrogens with zero attached hydrogens (tertiary/aromatic N) is 2. The average molecular weight is 238 g/mol. The number of amides is 1. The fourth-order valence-corrected chi connectivity index (χ4v) is 2.37. The van der Waals surface area contributed by atoms with E-state index in [0.29, 0.717) is 6.54 Å². The van der Waals surface area contributed by atoms with Gasteiger partial charge >= 0.3 is 0 Å². The van der Waals surface area contributed by atoms with Gasteiger partial charge in [-0.2, -0.15) is 5.10 Å². The first-order valence-corrected chi connectivity index (χ1v) is 5.75. The average Bonchev–Trinajstić information content (AvgIpc) is 2.99. The minimum absolute atomic E-state index is 0.0111. The van der Waals surface area contributed by atoms with Crippen LogP contribution in [-0.4, -0.2) is 20.7 Å². The molecule has 0 unspecified atom stereocenters. The number of nitrogens with one attached hydrogen (secondary N) is 2. The number of aromatic nitrogens is 3. The van der Waals surface area contributed by atoms with Crippen LogP contribution in [-0.2, 0) is 11.3 Å². The molecule has 4 rings (SSSR count). The maximum absolute atomic E-state index is 11.2. The molecule has 0 aliphatic carbocycles. The van der Waals surface area contributed by atoms with Crippen LogP contribution in [0.1, 0.15) is 0 Å². The van der Waals surface area contributed by atoms with E-state index in [1.165, 1.54) is 0 Å². The molecule has 0 saturated heterocycles. The van der Waals surface area contributed by atoms with Gasteiger partial charge < -0.3 is 10.3 Å². The van der Waals surface area contributed by atoms with Crippen LogP contribution in [0.25, 0.3) is 22.2 Å². The number of rotatable bonds is 1. The Morgan fingerprint density at radius 1 is 1.28 bits per heavy atom. The van der Waals surface area contributed by atoms with Crippen LogP contribution in [0.15, 0.2) is 36.5 Å². The van der Waals surface area contributed by atoms with Crippen molar-refractivity contribution in [2.45, 2.75) is 6.54 Å². The summed E-state index contributed by atoms with van der Waals surface area (Å²) in [6.45, 7) is 0.303. The first kappa shape index (κ1) is 9.47. The summed E-state index contributed by atoms with van der Waals surface area (Å²) in [5.41, 5.74) is 3.02. The van der Waals surface area contributed by atoms with Crippen molar-refractivity contribution in [1.82, 2.24) is 14.8 Å². The standard InChI is InChI=1S/C13H10N4O/c18-13-7-17-12(15-13)5-11(16-17)9-6-14-10-4-2-1-3-8(9)10/h1-6,14H,7H2,(H,15,18). The van der Waals surface area contributed by atoms with Gasteiger partial charge in [0.05, 0.1) is 5.69 Å². The van der Waals surface area contributed by atoms with Crippen molar-refractivity contribution in [2.75, 3.05) is 5.32 Å². The fourth-order valence-electron chi connectivity index (χ4n) is 2.37. The van der Waals surface area contributed by atoms with E-state index in [1.54, 1.807) is 4.68 Å².